The first-order valence-corrected chi connectivity index (χ1v) is 6.83. The first-order valence-electron chi connectivity index (χ1n) is 6.04. The van der Waals surface area contributed by atoms with Gasteiger partial charge >= 0.3 is 0 Å². The van der Waals surface area contributed by atoms with Crippen LogP contribution in [0.4, 0.5) is 5.69 Å². The van der Waals surface area contributed by atoms with Crippen LogP contribution in [0, 0.1) is 5.41 Å². The van der Waals surface area contributed by atoms with Crippen LogP contribution in [-0.2, 0) is 4.74 Å². The van der Waals surface area contributed by atoms with E-state index >= 15 is 0 Å². The molecular formula is C13H18BrN3O. The third-order valence-electron chi connectivity index (χ3n) is 3.37. The molecule has 3 N–H and O–H groups in total. The summed E-state index contributed by atoms with van der Waals surface area (Å²) in [6.45, 7) is 1.61. The van der Waals surface area contributed by atoms with Crippen molar-refractivity contribution in [3.05, 3.63) is 28.2 Å². The standard InChI is InChI=1S/C13H18BrN3O/c1-17(10-4-6-18-7-5-10)12-3-2-9(14)8-11(12)13(15)16/h2-3,8,10H,4-7H2,1H3,(H3,15,16). The van der Waals surface area contributed by atoms with Crippen LogP contribution in [0.1, 0.15) is 18.4 Å². The van der Waals surface area contributed by atoms with Gasteiger partial charge < -0.3 is 15.4 Å². The number of nitrogens with one attached hydrogen (secondary N) is 1. The van der Waals surface area contributed by atoms with Crippen molar-refractivity contribution in [1.82, 2.24) is 0 Å². The highest BCUT2D eigenvalue weighted by molar-refractivity contribution is 9.10. The van der Waals surface area contributed by atoms with Crippen LogP contribution in [0.25, 0.3) is 0 Å². The summed E-state index contributed by atoms with van der Waals surface area (Å²) in [5.41, 5.74) is 7.45. The zero-order valence-electron chi connectivity index (χ0n) is 10.4. The third-order valence-corrected chi connectivity index (χ3v) is 3.86. The Bertz CT molecular complexity index is 444. The Morgan fingerprint density at radius 3 is 2.72 bits per heavy atom. The van der Waals surface area contributed by atoms with Gasteiger partial charge in [-0.15, -0.1) is 0 Å². The molecule has 0 atom stereocenters. The molecule has 0 spiro atoms. The molecule has 18 heavy (non-hydrogen) atoms. The number of nitrogen functional groups attached to an aromatic ring is 1. The fourth-order valence-electron chi connectivity index (χ4n) is 2.30. The summed E-state index contributed by atoms with van der Waals surface area (Å²) in [6.07, 6.45) is 2.04. The number of ether oxygens (including phenoxy) is 1. The van der Waals surface area contributed by atoms with Crippen molar-refractivity contribution in [2.45, 2.75) is 18.9 Å². The van der Waals surface area contributed by atoms with E-state index in [1.54, 1.807) is 0 Å². The Morgan fingerprint density at radius 2 is 2.11 bits per heavy atom. The van der Waals surface area contributed by atoms with E-state index in [0.29, 0.717) is 6.04 Å². The maximum Gasteiger partial charge on any atom is 0.124 e. The molecule has 5 heteroatoms. The van der Waals surface area contributed by atoms with Crippen molar-refractivity contribution < 1.29 is 4.74 Å². The summed E-state index contributed by atoms with van der Waals surface area (Å²) in [5.74, 6) is 0.102. The van der Waals surface area contributed by atoms with Gasteiger partial charge in [-0.05, 0) is 31.0 Å². The fraction of sp³-hybridized carbons (Fsp3) is 0.462. The maximum absolute atomic E-state index is 7.69. The molecule has 0 aliphatic carbocycles. The molecule has 0 aromatic heterocycles. The average molecular weight is 312 g/mol. The molecule has 0 radical (unpaired) electrons. The quantitative estimate of drug-likeness (QED) is 0.665. The Morgan fingerprint density at radius 1 is 1.44 bits per heavy atom. The van der Waals surface area contributed by atoms with Gasteiger partial charge in [0.05, 0.1) is 0 Å². The number of benzene rings is 1. The Kier molecular flexibility index (Phi) is 4.24. The van der Waals surface area contributed by atoms with E-state index < -0.39 is 0 Å². The van der Waals surface area contributed by atoms with E-state index in [0.717, 1.165) is 41.8 Å². The van der Waals surface area contributed by atoms with E-state index in [4.69, 9.17) is 15.9 Å². The molecule has 4 nitrogen and oxygen atoms in total. The fourth-order valence-corrected chi connectivity index (χ4v) is 2.66. The van der Waals surface area contributed by atoms with Crippen LogP contribution in [0.2, 0.25) is 0 Å². The molecule has 0 amide bonds. The Labute approximate surface area is 116 Å². The minimum absolute atomic E-state index is 0.102. The summed E-state index contributed by atoms with van der Waals surface area (Å²) in [5, 5.41) is 7.69. The van der Waals surface area contributed by atoms with Crippen molar-refractivity contribution in [2.75, 3.05) is 25.2 Å². The highest BCUT2D eigenvalue weighted by atomic mass is 79.9. The zero-order valence-corrected chi connectivity index (χ0v) is 12.0. The van der Waals surface area contributed by atoms with Crippen molar-refractivity contribution >= 4 is 27.5 Å². The lowest BCUT2D eigenvalue weighted by atomic mass is 10.0. The van der Waals surface area contributed by atoms with E-state index in [9.17, 15) is 0 Å². The van der Waals surface area contributed by atoms with Crippen molar-refractivity contribution in [3.63, 3.8) is 0 Å². The summed E-state index contributed by atoms with van der Waals surface area (Å²) in [6, 6.07) is 6.35. The SMILES string of the molecule is CN(c1ccc(Br)cc1C(=N)N)C1CCOCC1. The van der Waals surface area contributed by atoms with E-state index in [-0.39, 0.29) is 5.84 Å². The highest BCUT2D eigenvalue weighted by Crippen LogP contribution is 2.27. The summed E-state index contributed by atoms with van der Waals surface area (Å²) < 4.78 is 6.32. The summed E-state index contributed by atoms with van der Waals surface area (Å²) in [7, 11) is 2.06. The second-order valence-corrected chi connectivity index (χ2v) is 5.45. The minimum Gasteiger partial charge on any atom is -0.384 e. The Balaban J connectivity index is 2.28. The number of halogens is 1. The molecule has 1 saturated heterocycles. The van der Waals surface area contributed by atoms with Crippen molar-refractivity contribution in [1.29, 1.82) is 5.41 Å². The van der Waals surface area contributed by atoms with E-state index in [1.165, 1.54) is 0 Å². The second kappa shape index (κ2) is 5.71. The molecule has 1 fully saturated rings. The van der Waals surface area contributed by atoms with Gasteiger partial charge in [0.2, 0.25) is 0 Å². The first-order chi connectivity index (χ1) is 8.59. The first kappa shape index (κ1) is 13.4. The van der Waals surface area contributed by atoms with Crippen LogP contribution >= 0.6 is 15.9 Å². The summed E-state index contributed by atoms with van der Waals surface area (Å²) in [4.78, 5) is 2.21. The van der Waals surface area contributed by atoms with E-state index in [2.05, 4.69) is 27.9 Å². The largest absolute Gasteiger partial charge is 0.384 e. The third kappa shape index (κ3) is 2.84. The molecule has 2 rings (SSSR count). The smallest absolute Gasteiger partial charge is 0.124 e. The normalized spacial score (nSPS) is 16.6. The molecule has 1 aromatic carbocycles. The molecule has 1 heterocycles. The van der Waals surface area contributed by atoms with Crippen LogP contribution in [0.15, 0.2) is 22.7 Å². The number of nitrogens with two attached hydrogens (primary N) is 1. The lowest BCUT2D eigenvalue weighted by Crippen LogP contribution is -2.37. The number of amidine groups is 1. The van der Waals surface area contributed by atoms with Gasteiger partial charge in [0.15, 0.2) is 0 Å². The molecule has 0 unspecified atom stereocenters. The monoisotopic (exact) mass is 311 g/mol. The lowest BCUT2D eigenvalue weighted by Gasteiger charge is -2.34. The van der Waals surface area contributed by atoms with Crippen LogP contribution < -0.4 is 10.6 Å². The molecule has 1 aliphatic rings. The van der Waals surface area contributed by atoms with Gasteiger partial charge in [0.1, 0.15) is 5.84 Å². The molecule has 1 aromatic rings. The molecule has 1 aliphatic heterocycles. The van der Waals surface area contributed by atoms with Crippen LogP contribution in [-0.4, -0.2) is 32.1 Å². The van der Waals surface area contributed by atoms with E-state index in [1.807, 2.05) is 18.2 Å². The van der Waals surface area contributed by atoms with Gasteiger partial charge in [-0.25, -0.2) is 0 Å². The van der Waals surface area contributed by atoms with Crippen LogP contribution in [0.5, 0.6) is 0 Å². The number of rotatable bonds is 3. The zero-order chi connectivity index (χ0) is 13.1. The topological polar surface area (TPSA) is 62.3 Å². The number of nitrogens with zero attached hydrogens (tertiary/aromatic N) is 1. The highest BCUT2D eigenvalue weighted by Gasteiger charge is 2.21. The number of hydrogen-bond acceptors (Lipinski definition) is 3. The lowest BCUT2D eigenvalue weighted by molar-refractivity contribution is 0.0855. The van der Waals surface area contributed by atoms with Gasteiger partial charge in [0.25, 0.3) is 0 Å². The summed E-state index contributed by atoms with van der Waals surface area (Å²) >= 11 is 3.42. The van der Waals surface area contributed by atoms with Gasteiger partial charge in [-0.3, -0.25) is 5.41 Å². The molecular weight excluding hydrogens is 294 g/mol. The average Bonchev–Trinajstić information content (AvgIpc) is 2.39. The minimum atomic E-state index is 0.102. The molecule has 0 saturated carbocycles. The van der Waals surface area contributed by atoms with Crippen LogP contribution in [0.3, 0.4) is 0 Å². The number of anilines is 1. The van der Waals surface area contributed by atoms with Gasteiger partial charge in [0, 0.05) is 42.0 Å². The van der Waals surface area contributed by atoms with Crippen molar-refractivity contribution in [2.24, 2.45) is 5.73 Å². The number of hydrogen-bond donors (Lipinski definition) is 2. The van der Waals surface area contributed by atoms with Gasteiger partial charge in [-0.1, -0.05) is 15.9 Å². The maximum atomic E-state index is 7.69. The van der Waals surface area contributed by atoms with Gasteiger partial charge in [-0.2, -0.15) is 0 Å². The van der Waals surface area contributed by atoms with Crippen molar-refractivity contribution in [3.8, 4) is 0 Å². The Hall–Kier alpha value is -1.07. The molecule has 98 valence electrons. The predicted molar refractivity (Wildman–Crippen MR) is 77.4 cm³/mol. The molecule has 0 bridgehead atoms. The predicted octanol–water partition coefficient (Wildman–Crippen LogP) is 2.35. The second-order valence-electron chi connectivity index (χ2n) is 4.53.